The largest absolute Gasteiger partial charge is 0.469 e. The van der Waals surface area contributed by atoms with Gasteiger partial charge >= 0.3 is 0 Å². The molecule has 0 saturated carbocycles. The summed E-state index contributed by atoms with van der Waals surface area (Å²) in [5.41, 5.74) is 4.68. The second kappa shape index (κ2) is 11.8. The smallest absolute Gasteiger partial charge is 0.191 e. The van der Waals surface area contributed by atoms with Crippen molar-refractivity contribution in [3.8, 4) is 0 Å². The van der Waals surface area contributed by atoms with Crippen molar-refractivity contribution in [2.45, 2.75) is 46.6 Å². The molecule has 2 rings (SSSR count). The van der Waals surface area contributed by atoms with Crippen molar-refractivity contribution in [2.24, 2.45) is 12.0 Å². The molecule has 0 spiro atoms. The number of aromatic nitrogens is 2. The van der Waals surface area contributed by atoms with Crippen LogP contribution in [0.3, 0.4) is 0 Å². The van der Waals surface area contributed by atoms with E-state index in [1.807, 2.05) is 30.8 Å². The topological polar surface area (TPSA) is 67.4 Å². The Morgan fingerprint density at radius 3 is 2.67 bits per heavy atom. The molecule has 2 aromatic rings. The van der Waals surface area contributed by atoms with Gasteiger partial charge in [-0.1, -0.05) is 26.0 Å². The zero-order valence-corrected chi connectivity index (χ0v) is 19.2. The SMILES string of the molecule is C=C(C)CNC(=NCc1c(CC)nn(C)c1CC)NCCc1ccco1.I. The Kier molecular flexibility index (Phi) is 10.2. The van der Waals surface area contributed by atoms with Crippen LogP contribution in [0.4, 0.5) is 0 Å². The quantitative estimate of drug-likeness (QED) is 0.247. The molecule has 6 nitrogen and oxygen atoms in total. The predicted octanol–water partition coefficient (Wildman–Crippen LogP) is 3.61. The number of aliphatic imine (C=N–C) groups is 1. The van der Waals surface area contributed by atoms with Crippen molar-refractivity contribution in [1.29, 1.82) is 0 Å². The molecule has 2 N–H and O–H groups in total. The average molecular weight is 485 g/mol. The first-order valence-corrected chi connectivity index (χ1v) is 9.27. The lowest BCUT2D eigenvalue weighted by Crippen LogP contribution is -2.39. The highest BCUT2D eigenvalue weighted by molar-refractivity contribution is 14.0. The van der Waals surface area contributed by atoms with Crippen molar-refractivity contribution < 1.29 is 4.42 Å². The van der Waals surface area contributed by atoms with Crippen LogP contribution in [0.5, 0.6) is 0 Å². The molecule has 150 valence electrons. The van der Waals surface area contributed by atoms with Gasteiger partial charge in [-0.15, -0.1) is 24.0 Å². The van der Waals surface area contributed by atoms with Crippen LogP contribution in [0, 0.1) is 0 Å². The summed E-state index contributed by atoms with van der Waals surface area (Å²) in [7, 11) is 2.01. The molecule has 7 heteroatoms. The first-order chi connectivity index (χ1) is 12.5. The number of nitrogens with one attached hydrogen (secondary N) is 2. The normalized spacial score (nSPS) is 11.2. The summed E-state index contributed by atoms with van der Waals surface area (Å²) in [5.74, 6) is 1.75. The molecule has 0 aromatic carbocycles. The molecule has 0 amide bonds. The van der Waals surface area contributed by atoms with E-state index in [-0.39, 0.29) is 24.0 Å². The van der Waals surface area contributed by atoms with Crippen LogP contribution in [0.25, 0.3) is 0 Å². The number of aryl methyl sites for hydroxylation is 2. The van der Waals surface area contributed by atoms with Gasteiger partial charge < -0.3 is 15.1 Å². The maximum Gasteiger partial charge on any atom is 0.191 e. The van der Waals surface area contributed by atoms with E-state index in [4.69, 9.17) is 9.41 Å². The van der Waals surface area contributed by atoms with Crippen molar-refractivity contribution in [3.05, 3.63) is 53.3 Å². The fraction of sp³-hybridized carbons (Fsp3) is 0.500. The van der Waals surface area contributed by atoms with E-state index in [0.717, 1.165) is 48.8 Å². The van der Waals surface area contributed by atoms with Crippen molar-refractivity contribution in [1.82, 2.24) is 20.4 Å². The Balaban J connectivity index is 0.00000364. The van der Waals surface area contributed by atoms with Crippen molar-refractivity contribution in [3.63, 3.8) is 0 Å². The summed E-state index contributed by atoms with van der Waals surface area (Å²) >= 11 is 0. The molecular formula is C20H32IN5O. The summed E-state index contributed by atoms with van der Waals surface area (Å²) < 4.78 is 7.36. The number of furan rings is 1. The van der Waals surface area contributed by atoms with Gasteiger partial charge in [0.05, 0.1) is 18.5 Å². The van der Waals surface area contributed by atoms with Crippen LogP contribution in [-0.4, -0.2) is 28.8 Å². The first kappa shape index (κ1) is 23.3. The number of nitrogens with zero attached hydrogens (tertiary/aromatic N) is 3. The molecule has 0 aliphatic heterocycles. The van der Waals surface area contributed by atoms with E-state index < -0.39 is 0 Å². The van der Waals surface area contributed by atoms with E-state index in [1.54, 1.807) is 6.26 Å². The number of rotatable bonds is 9. The molecule has 2 heterocycles. The fourth-order valence-corrected chi connectivity index (χ4v) is 2.90. The number of halogens is 1. The minimum absolute atomic E-state index is 0. The monoisotopic (exact) mass is 485 g/mol. The third kappa shape index (κ3) is 7.04. The van der Waals surface area contributed by atoms with Crippen molar-refractivity contribution in [2.75, 3.05) is 13.1 Å². The van der Waals surface area contributed by atoms with Crippen LogP contribution in [0.2, 0.25) is 0 Å². The fourth-order valence-electron chi connectivity index (χ4n) is 2.90. The predicted molar refractivity (Wildman–Crippen MR) is 122 cm³/mol. The van der Waals surface area contributed by atoms with E-state index in [9.17, 15) is 0 Å². The standard InChI is InChI=1S/C20H31N5O.HI/c1-6-18-17(19(7-2)25(5)24-18)14-23-20(22-13-15(3)4)21-11-10-16-9-8-12-26-16;/h8-9,12H,3,6-7,10-11,13-14H2,1-2,4-5H3,(H2,21,22,23);1H. The maximum absolute atomic E-state index is 5.38. The number of guanidine groups is 1. The lowest BCUT2D eigenvalue weighted by Gasteiger charge is -2.12. The highest BCUT2D eigenvalue weighted by Crippen LogP contribution is 2.16. The minimum Gasteiger partial charge on any atom is -0.469 e. The van der Waals surface area contributed by atoms with Crippen LogP contribution in [0.1, 0.15) is 43.5 Å². The molecule has 0 radical (unpaired) electrons. The van der Waals surface area contributed by atoms with Gasteiger partial charge in [-0.05, 0) is 31.9 Å². The number of hydrogen-bond donors (Lipinski definition) is 2. The summed E-state index contributed by atoms with van der Waals surface area (Å²) in [6, 6.07) is 3.89. The zero-order valence-electron chi connectivity index (χ0n) is 16.8. The Bertz CT molecular complexity index is 734. The van der Waals surface area contributed by atoms with Gasteiger partial charge in [0.25, 0.3) is 0 Å². The molecule has 0 saturated heterocycles. The summed E-state index contributed by atoms with van der Waals surface area (Å²) in [5, 5.41) is 11.3. The second-order valence-electron chi connectivity index (χ2n) is 6.43. The molecule has 27 heavy (non-hydrogen) atoms. The Labute approximate surface area is 179 Å². The molecule has 0 aliphatic carbocycles. The van der Waals surface area contributed by atoms with Crippen LogP contribution >= 0.6 is 24.0 Å². The Hall–Kier alpha value is -1.77. The minimum atomic E-state index is 0. The van der Waals surface area contributed by atoms with Gasteiger partial charge in [-0.2, -0.15) is 5.10 Å². The summed E-state index contributed by atoms with van der Waals surface area (Å²) in [4.78, 5) is 4.78. The van der Waals surface area contributed by atoms with Gasteiger partial charge in [-0.3, -0.25) is 4.68 Å². The van der Waals surface area contributed by atoms with E-state index in [0.29, 0.717) is 13.1 Å². The third-order valence-electron chi connectivity index (χ3n) is 4.22. The van der Waals surface area contributed by atoms with Crippen molar-refractivity contribution >= 4 is 29.9 Å². The molecule has 0 aliphatic rings. The van der Waals surface area contributed by atoms with Gasteiger partial charge in [0, 0.05) is 37.8 Å². The second-order valence-corrected chi connectivity index (χ2v) is 6.43. The first-order valence-electron chi connectivity index (χ1n) is 9.27. The summed E-state index contributed by atoms with van der Waals surface area (Å²) in [6.45, 7) is 12.3. The highest BCUT2D eigenvalue weighted by atomic mass is 127. The summed E-state index contributed by atoms with van der Waals surface area (Å²) in [6.07, 6.45) is 4.38. The molecule has 0 bridgehead atoms. The molecule has 0 unspecified atom stereocenters. The maximum atomic E-state index is 5.38. The van der Waals surface area contributed by atoms with Crippen LogP contribution < -0.4 is 10.6 Å². The van der Waals surface area contributed by atoms with Gasteiger partial charge in [-0.25, -0.2) is 4.99 Å². The van der Waals surface area contributed by atoms with Crippen LogP contribution in [0.15, 0.2) is 40.0 Å². The Morgan fingerprint density at radius 2 is 2.07 bits per heavy atom. The molecule has 2 aromatic heterocycles. The third-order valence-corrected chi connectivity index (χ3v) is 4.22. The lowest BCUT2D eigenvalue weighted by molar-refractivity contribution is 0.507. The Morgan fingerprint density at radius 1 is 1.30 bits per heavy atom. The number of hydrogen-bond acceptors (Lipinski definition) is 3. The highest BCUT2D eigenvalue weighted by Gasteiger charge is 2.13. The van der Waals surface area contributed by atoms with E-state index in [1.165, 1.54) is 11.3 Å². The van der Waals surface area contributed by atoms with E-state index in [2.05, 4.69) is 36.2 Å². The van der Waals surface area contributed by atoms with Gasteiger partial charge in [0.15, 0.2) is 5.96 Å². The zero-order chi connectivity index (χ0) is 18.9. The average Bonchev–Trinajstić information content (AvgIpc) is 3.23. The van der Waals surface area contributed by atoms with E-state index >= 15 is 0 Å². The molecule has 0 atom stereocenters. The molecular weight excluding hydrogens is 453 g/mol. The van der Waals surface area contributed by atoms with Gasteiger partial charge in [0.1, 0.15) is 5.76 Å². The van der Waals surface area contributed by atoms with Crippen LogP contribution in [-0.2, 0) is 32.9 Å². The van der Waals surface area contributed by atoms with Gasteiger partial charge in [0.2, 0.25) is 0 Å². The lowest BCUT2D eigenvalue weighted by atomic mass is 10.1. The molecule has 0 fully saturated rings.